The predicted octanol–water partition coefficient (Wildman–Crippen LogP) is -3.03. The van der Waals surface area contributed by atoms with Crippen LogP contribution >= 0.6 is 0 Å². The van der Waals surface area contributed by atoms with E-state index in [4.69, 9.17) is 22.9 Å². The second kappa shape index (κ2) is 38.3. The van der Waals surface area contributed by atoms with Gasteiger partial charge in [-0.15, -0.1) is 0 Å². The maximum absolute atomic E-state index is 6.48. The van der Waals surface area contributed by atoms with Gasteiger partial charge in [0.1, 0.15) is 0 Å². The second-order valence-corrected chi connectivity index (χ2v) is 1.71. The zero-order chi connectivity index (χ0) is 8.24. The van der Waals surface area contributed by atoms with Gasteiger partial charge >= 0.3 is 17.1 Å². The molecule has 0 atom stereocenters. The van der Waals surface area contributed by atoms with Gasteiger partial charge < -0.3 is 47.7 Å². The van der Waals surface area contributed by atoms with Crippen molar-refractivity contribution in [1.29, 1.82) is 0 Å². The number of hydrogen-bond acceptors (Lipinski definition) is 0. The van der Waals surface area contributed by atoms with Gasteiger partial charge in [0.15, 0.2) is 0 Å². The van der Waals surface area contributed by atoms with E-state index < -0.39 is 0 Å². The number of hydrogen-bond donors (Lipinski definition) is 0. The van der Waals surface area contributed by atoms with Crippen LogP contribution in [0, 0.1) is 0 Å². The summed E-state index contributed by atoms with van der Waals surface area (Å²) in [4.78, 5) is 0. The Bertz CT molecular complexity index is 43.6. The van der Waals surface area contributed by atoms with Crippen molar-refractivity contribution < 1.29 is 41.9 Å². The minimum atomic E-state index is 0. The SMILES string of the molecule is [Cl-].[Cl-].[Cu+2].[NH-]CCC[NH-].[NH-]CCC[NH-]. The molecule has 0 saturated carbocycles. The third-order valence-electron chi connectivity index (χ3n) is 0.707. The minimum Gasteiger partial charge on any atom is -1.00 e. The van der Waals surface area contributed by atoms with Crippen LogP contribution in [-0.2, 0) is 17.1 Å². The molecule has 0 aromatic heterocycles. The first-order valence-corrected chi connectivity index (χ1v) is 3.41. The first-order chi connectivity index (χ1) is 4.83. The Morgan fingerprint density at radius 3 is 0.692 bits per heavy atom. The summed E-state index contributed by atoms with van der Waals surface area (Å²) >= 11 is 0. The van der Waals surface area contributed by atoms with Gasteiger partial charge in [-0.1, -0.05) is 12.8 Å². The fourth-order valence-corrected chi connectivity index (χ4v) is 0.177. The van der Waals surface area contributed by atoms with E-state index >= 15 is 0 Å². The maximum atomic E-state index is 6.48. The maximum Gasteiger partial charge on any atom is 2.00 e. The summed E-state index contributed by atoms with van der Waals surface area (Å²) in [7, 11) is 0. The van der Waals surface area contributed by atoms with Crippen molar-refractivity contribution in [3.05, 3.63) is 22.9 Å². The van der Waals surface area contributed by atoms with Crippen LogP contribution in [0.5, 0.6) is 0 Å². The van der Waals surface area contributed by atoms with E-state index in [9.17, 15) is 0 Å². The Hall–Kier alpha value is 0.939. The van der Waals surface area contributed by atoms with Crippen LogP contribution in [-0.4, -0.2) is 26.2 Å². The number of rotatable bonds is 4. The van der Waals surface area contributed by atoms with Crippen LogP contribution in [0.25, 0.3) is 22.9 Å². The van der Waals surface area contributed by atoms with Crippen LogP contribution in [0.1, 0.15) is 12.8 Å². The molecule has 0 spiro atoms. The number of nitrogens with one attached hydrogen (secondary N) is 4. The van der Waals surface area contributed by atoms with Crippen molar-refractivity contribution in [2.45, 2.75) is 12.8 Å². The molecule has 0 amide bonds. The average molecular weight is 279 g/mol. The van der Waals surface area contributed by atoms with Crippen molar-refractivity contribution in [2.24, 2.45) is 0 Å². The van der Waals surface area contributed by atoms with Gasteiger partial charge in [0.05, 0.1) is 0 Å². The zero-order valence-corrected chi connectivity index (χ0v) is 9.75. The van der Waals surface area contributed by atoms with Gasteiger partial charge in [-0.2, -0.15) is 26.2 Å². The van der Waals surface area contributed by atoms with Gasteiger partial charge in [-0.3, -0.25) is 0 Å². The molecule has 4 N–H and O–H groups in total. The standard InChI is InChI=1S/2C3H8N2.2ClH.Cu/c2*4-2-1-3-5;;;/h2*4-5H,1-3H2;2*1H;/q2*-2;;;+2/p-2. The Balaban J connectivity index is -0.0000000267. The third-order valence-corrected chi connectivity index (χ3v) is 0.707. The van der Waals surface area contributed by atoms with Crippen LogP contribution in [0.2, 0.25) is 0 Å². The van der Waals surface area contributed by atoms with Gasteiger partial charge in [0.2, 0.25) is 0 Å². The summed E-state index contributed by atoms with van der Waals surface area (Å²) < 4.78 is 0. The van der Waals surface area contributed by atoms with E-state index in [1.807, 2.05) is 0 Å². The smallest absolute Gasteiger partial charge is 1.00 e. The summed E-state index contributed by atoms with van der Waals surface area (Å²) in [6.07, 6.45) is 1.44. The summed E-state index contributed by atoms with van der Waals surface area (Å²) in [6.45, 7) is 1.62. The predicted molar refractivity (Wildman–Crippen MR) is 46.0 cm³/mol. The summed E-state index contributed by atoms with van der Waals surface area (Å²) in [6, 6.07) is 0. The molecule has 89 valence electrons. The molecule has 0 aliphatic carbocycles. The number of halogens is 2. The van der Waals surface area contributed by atoms with Crippen LogP contribution in [0.3, 0.4) is 0 Å². The van der Waals surface area contributed by atoms with Gasteiger partial charge in [-0.05, 0) is 0 Å². The molecule has 0 aromatic rings. The van der Waals surface area contributed by atoms with E-state index in [0.717, 1.165) is 12.8 Å². The molecule has 0 heterocycles. The first-order valence-electron chi connectivity index (χ1n) is 3.41. The van der Waals surface area contributed by atoms with Gasteiger partial charge in [0, 0.05) is 0 Å². The van der Waals surface area contributed by atoms with Crippen molar-refractivity contribution in [3.63, 3.8) is 0 Å². The molecule has 0 aliphatic heterocycles. The molecule has 0 saturated heterocycles. The first kappa shape index (κ1) is 29.2. The van der Waals surface area contributed by atoms with E-state index in [1.54, 1.807) is 0 Å². The second-order valence-electron chi connectivity index (χ2n) is 1.71. The molecule has 0 unspecified atom stereocenters. The third kappa shape index (κ3) is 63.5. The molecule has 7 heteroatoms. The Labute approximate surface area is 104 Å². The van der Waals surface area contributed by atoms with E-state index in [0.29, 0.717) is 26.2 Å². The minimum absolute atomic E-state index is 0. The van der Waals surface area contributed by atoms with E-state index in [1.165, 1.54) is 0 Å². The van der Waals surface area contributed by atoms with Crippen LogP contribution in [0.15, 0.2) is 0 Å². The van der Waals surface area contributed by atoms with Gasteiger partial charge in [-0.25, -0.2) is 0 Å². The van der Waals surface area contributed by atoms with Gasteiger partial charge in [0.25, 0.3) is 0 Å². The molecule has 1 radical (unpaired) electrons. The van der Waals surface area contributed by atoms with Crippen LogP contribution < -0.4 is 24.8 Å². The van der Waals surface area contributed by atoms with Crippen molar-refractivity contribution in [1.82, 2.24) is 0 Å². The summed E-state index contributed by atoms with van der Waals surface area (Å²) in [5.74, 6) is 0. The Morgan fingerprint density at radius 2 is 0.692 bits per heavy atom. The monoisotopic (exact) mass is 277 g/mol. The molecule has 0 aromatic carbocycles. The molecular weight excluding hydrogens is 263 g/mol. The normalized spacial score (nSPS) is 6.46. The largest absolute Gasteiger partial charge is 2.00 e. The molecule has 0 fully saturated rings. The Kier molecular flexibility index (Phi) is 86.0. The molecule has 0 aliphatic rings. The molecule has 0 rings (SSSR count). The quantitative estimate of drug-likeness (QED) is 0.489. The van der Waals surface area contributed by atoms with Crippen molar-refractivity contribution in [3.8, 4) is 0 Å². The molecular formula is C6H16Cl2CuN4-4. The van der Waals surface area contributed by atoms with E-state index in [2.05, 4.69) is 0 Å². The summed E-state index contributed by atoms with van der Waals surface area (Å²) in [5, 5.41) is 0. The average Bonchev–Trinajstić information content (AvgIpc) is 1.93. The topological polar surface area (TPSA) is 95.2 Å². The Morgan fingerprint density at radius 1 is 0.538 bits per heavy atom. The van der Waals surface area contributed by atoms with E-state index in [-0.39, 0.29) is 41.9 Å². The van der Waals surface area contributed by atoms with Crippen LogP contribution in [0.4, 0.5) is 0 Å². The van der Waals surface area contributed by atoms with Crippen molar-refractivity contribution >= 4 is 0 Å². The fourth-order valence-electron chi connectivity index (χ4n) is 0.177. The fraction of sp³-hybridized carbons (Fsp3) is 1.00. The molecule has 13 heavy (non-hydrogen) atoms. The molecule has 4 nitrogen and oxygen atoms in total. The van der Waals surface area contributed by atoms with Crippen molar-refractivity contribution in [2.75, 3.05) is 26.2 Å². The zero-order valence-electron chi connectivity index (χ0n) is 7.30. The molecule has 0 bridgehead atoms. The summed E-state index contributed by atoms with van der Waals surface area (Å²) in [5.41, 5.74) is 25.9.